The number of quaternary nitrogens is 1. The molecule has 0 saturated heterocycles. The van der Waals surface area contributed by atoms with Gasteiger partial charge >= 0.3 is 17.9 Å². The molecule has 0 aromatic rings. The van der Waals surface area contributed by atoms with Crippen LogP contribution in [0.25, 0.3) is 0 Å². The van der Waals surface area contributed by atoms with Crippen LogP contribution in [0, 0.1) is 0 Å². The van der Waals surface area contributed by atoms with E-state index < -0.39 is 18.4 Å². The van der Waals surface area contributed by atoms with Crippen LogP contribution in [0.3, 0.4) is 0 Å². The molecule has 1 N–H and O–H groups in total. The first kappa shape index (κ1) is 102. The molecular weight excluding hydrogens is 1320 g/mol. The van der Waals surface area contributed by atoms with Gasteiger partial charge in [0.1, 0.15) is 13.2 Å². The van der Waals surface area contributed by atoms with Crippen molar-refractivity contribution in [1.82, 2.24) is 0 Å². The lowest BCUT2D eigenvalue weighted by molar-refractivity contribution is -0.870. The van der Waals surface area contributed by atoms with Gasteiger partial charge in [0.2, 0.25) is 0 Å². The molecule has 2 atom stereocenters. The fourth-order valence-electron chi connectivity index (χ4n) is 12.9. The molecule has 0 saturated carbocycles. The van der Waals surface area contributed by atoms with Crippen molar-refractivity contribution in [1.29, 1.82) is 0 Å². The monoisotopic (exact) mass is 1490 g/mol. The number of aliphatic carboxylic acids is 1. The number of hydrogen-bond acceptors (Lipinski definition) is 7. The maximum absolute atomic E-state index is 13.0. The van der Waals surface area contributed by atoms with Crippen LogP contribution >= 0.6 is 0 Å². The van der Waals surface area contributed by atoms with E-state index in [9.17, 15) is 19.5 Å². The molecule has 614 valence electrons. The van der Waals surface area contributed by atoms with Crippen LogP contribution in [0.15, 0.2) is 146 Å². The van der Waals surface area contributed by atoms with Crippen molar-refractivity contribution in [2.45, 2.75) is 411 Å². The SMILES string of the molecule is CC/C=C\C/C=C\C/C=C\C/C=C\C/C=C\C/C=C\C/C=C\CCCCCCCCCCCCCCCCCCCCCC(=O)OC(COC(=O)CCCCCCCCCCCCCCCCCCCCCCCCCCC/C=C\C/C=C\C/C=C\C/C=C\C/C=C\CC)COC(OCC[N+](C)(C)C)C(=O)O. The Morgan fingerprint density at radius 2 is 0.505 bits per heavy atom. The molecule has 0 rings (SSSR count). The number of likely N-dealkylation sites (N-methyl/N-ethyl adjacent to an activating group) is 1. The summed E-state index contributed by atoms with van der Waals surface area (Å²) in [6.07, 6.45) is 125. The Bertz CT molecular complexity index is 2290. The van der Waals surface area contributed by atoms with E-state index in [1.165, 1.54) is 257 Å². The zero-order valence-corrected chi connectivity index (χ0v) is 70.5. The van der Waals surface area contributed by atoms with E-state index in [-0.39, 0.29) is 38.2 Å². The molecule has 0 bridgehead atoms. The standard InChI is InChI=1S/C98H169NO8/c1-6-8-10-12-14-16-18-20-22-24-26-28-30-32-34-36-38-40-42-44-46-48-50-52-54-56-58-60-62-64-66-68-70-72-74-76-78-80-82-84-86-88-95(100)105-92-94(93-106-98(97(102)103)104-91-90-99(3,4)5)107-96(101)89-87-85-83-81-79-77-75-73-71-69-67-65-63-61-59-57-55-53-51-49-47-45-43-41-39-37-35-33-31-29-27-25-23-21-19-17-15-13-11-9-7-2/h8-11,14-17,20-23,26-29,32-35,39,41,45,47,94,98H,6-7,12-13,18-19,24-25,30-31,36-38,40,42-44,46,48-93H2,1-5H3/p+1/b10-8-,11-9-,16-14-,17-15-,22-20-,23-21-,28-26-,29-27-,34-32-,35-33-,41-39-,47-45-. The van der Waals surface area contributed by atoms with Crippen molar-refractivity contribution in [3.63, 3.8) is 0 Å². The molecule has 0 fully saturated rings. The highest BCUT2D eigenvalue weighted by molar-refractivity contribution is 5.71. The Morgan fingerprint density at radius 3 is 0.748 bits per heavy atom. The number of esters is 2. The number of unbranched alkanes of at least 4 members (excludes halogenated alkanes) is 44. The number of ether oxygens (including phenoxy) is 4. The third-order valence-corrected chi connectivity index (χ3v) is 19.6. The van der Waals surface area contributed by atoms with Crippen molar-refractivity contribution < 1.29 is 42.9 Å². The second-order valence-electron chi connectivity index (χ2n) is 31.1. The molecule has 0 aromatic heterocycles. The van der Waals surface area contributed by atoms with Gasteiger partial charge in [0, 0.05) is 12.8 Å². The number of carboxylic acids is 1. The molecule has 0 spiro atoms. The molecule has 107 heavy (non-hydrogen) atoms. The van der Waals surface area contributed by atoms with Crippen LogP contribution in [0.5, 0.6) is 0 Å². The molecule has 0 amide bonds. The van der Waals surface area contributed by atoms with E-state index in [1.54, 1.807) is 0 Å². The fourth-order valence-corrected chi connectivity index (χ4v) is 12.9. The highest BCUT2D eigenvalue weighted by atomic mass is 16.7. The van der Waals surface area contributed by atoms with E-state index >= 15 is 0 Å². The van der Waals surface area contributed by atoms with Gasteiger partial charge in [-0.3, -0.25) is 9.59 Å². The van der Waals surface area contributed by atoms with Gasteiger partial charge in [-0.15, -0.1) is 0 Å². The average Bonchev–Trinajstić information content (AvgIpc) is 0.965. The minimum absolute atomic E-state index is 0.181. The van der Waals surface area contributed by atoms with E-state index in [1.807, 2.05) is 21.1 Å². The quantitative estimate of drug-likeness (QED) is 0.0211. The number of carbonyl (C=O) groups excluding carboxylic acids is 2. The van der Waals surface area contributed by atoms with Crippen molar-refractivity contribution in [2.24, 2.45) is 0 Å². The number of rotatable bonds is 83. The minimum atomic E-state index is -1.51. The molecule has 0 radical (unpaired) electrons. The van der Waals surface area contributed by atoms with Crippen LogP contribution in [-0.2, 0) is 33.3 Å². The molecule has 2 unspecified atom stereocenters. The van der Waals surface area contributed by atoms with Crippen LogP contribution in [0.4, 0.5) is 0 Å². The number of allylic oxidation sites excluding steroid dienone is 24. The van der Waals surface area contributed by atoms with E-state index in [4.69, 9.17) is 18.9 Å². The highest BCUT2D eigenvalue weighted by Crippen LogP contribution is 2.20. The van der Waals surface area contributed by atoms with Gasteiger partial charge < -0.3 is 28.5 Å². The molecule has 9 heteroatoms. The molecule has 0 heterocycles. The zero-order valence-electron chi connectivity index (χ0n) is 70.5. The highest BCUT2D eigenvalue weighted by Gasteiger charge is 2.25. The minimum Gasteiger partial charge on any atom is -0.477 e. The Morgan fingerprint density at radius 1 is 0.280 bits per heavy atom. The van der Waals surface area contributed by atoms with E-state index in [0.717, 1.165) is 116 Å². The fraction of sp³-hybridized carbons (Fsp3) is 0.724. The smallest absolute Gasteiger partial charge is 0.361 e. The summed E-state index contributed by atoms with van der Waals surface area (Å²) in [4.78, 5) is 37.8. The van der Waals surface area contributed by atoms with Crippen LogP contribution in [0.2, 0.25) is 0 Å². The third kappa shape index (κ3) is 88.3. The lowest BCUT2D eigenvalue weighted by Crippen LogP contribution is -2.40. The van der Waals surface area contributed by atoms with Gasteiger partial charge in [-0.2, -0.15) is 0 Å². The predicted octanol–water partition coefficient (Wildman–Crippen LogP) is 29.7. The normalized spacial score (nSPS) is 13.3. The van der Waals surface area contributed by atoms with Crippen molar-refractivity contribution >= 4 is 17.9 Å². The predicted molar refractivity (Wildman–Crippen MR) is 465 cm³/mol. The summed E-state index contributed by atoms with van der Waals surface area (Å²) in [6, 6.07) is 0. The van der Waals surface area contributed by atoms with Gasteiger partial charge in [0.25, 0.3) is 6.29 Å². The summed E-state index contributed by atoms with van der Waals surface area (Å²) in [5.74, 6) is -1.98. The van der Waals surface area contributed by atoms with Crippen molar-refractivity contribution in [2.75, 3.05) is 47.5 Å². The molecule has 0 aliphatic carbocycles. The van der Waals surface area contributed by atoms with Crippen LogP contribution in [-0.4, -0.2) is 87.4 Å². The molecular formula is C98H170NO8+. The van der Waals surface area contributed by atoms with Crippen molar-refractivity contribution in [3.05, 3.63) is 146 Å². The second-order valence-corrected chi connectivity index (χ2v) is 31.1. The van der Waals surface area contributed by atoms with Crippen molar-refractivity contribution in [3.8, 4) is 0 Å². The lowest BCUT2D eigenvalue weighted by atomic mass is 10.0. The third-order valence-electron chi connectivity index (χ3n) is 19.6. The Hall–Kier alpha value is -4.83. The number of carbonyl (C=O) groups is 3. The molecule has 0 aliphatic heterocycles. The topological polar surface area (TPSA) is 108 Å². The number of nitrogens with zero attached hydrogens (tertiary/aromatic N) is 1. The number of carboxylic acid groups (broad SMARTS) is 1. The lowest BCUT2D eigenvalue weighted by Gasteiger charge is -2.25. The van der Waals surface area contributed by atoms with E-state index in [2.05, 4.69) is 160 Å². The largest absolute Gasteiger partial charge is 0.477 e. The summed E-state index contributed by atoms with van der Waals surface area (Å²) in [5.41, 5.74) is 0. The number of hydrogen-bond donors (Lipinski definition) is 1. The first-order chi connectivity index (χ1) is 52.6. The van der Waals surface area contributed by atoms with E-state index in [0.29, 0.717) is 17.4 Å². The molecule has 9 nitrogen and oxygen atoms in total. The maximum atomic E-state index is 13.0. The summed E-state index contributed by atoms with van der Waals surface area (Å²) in [5, 5.41) is 9.80. The van der Waals surface area contributed by atoms with Crippen LogP contribution < -0.4 is 0 Å². The van der Waals surface area contributed by atoms with Gasteiger partial charge in [0.05, 0.1) is 34.4 Å². The van der Waals surface area contributed by atoms with Crippen LogP contribution in [0.1, 0.15) is 399 Å². The Labute approximate surface area is 662 Å². The van der Waals surface area contributed by atoms with Gasteiger partial charge in [-0.05, 0) is 116 Å². The second kappa shape index (κ2) is 86.8. The Kier molecular flexibility index (Phi) is 82.8. The summed E-state index contributed by atoms with van der Waals surface area (Å²) < 4.78 is 23.1. The summed E-state index contributed by atoms with van der Waals surface area (Å²) >= 11 is 0. The molecule has 0 aliphatic rings. The average molecular weight is 1490 g/mol. The zero-order chi connectivity index (χ0) is 77.4. The summed E-state index contributed by atoms with van der Waals surface area (Å²) in [7, 11) is 6.00. The van der Waals surface area contributed by atoms with Gasteiger partial charge in [0.15, 0.2) is 6.10 Å². The Balaban J connectivity index is 3.94. The summed E-state index contributed by atoms with van der Waals surface area (Å²) in [6.45, 7) is 4.69. The first-order valence-electron chi connectivity index (χ1n) is 45.0. The van der Waals surface area contributed by atoms with Gasteiger partial charge in [-0.25, -0.2) is 4.79 Å². The molecule has 0 aromatic carbocycles. The van der Waals surface area contributed by atoms with Gasteiger partial charge in [-0.1, -0.05) is 417 Å². The first-order valence-corrected chi connectivity index (χ1v) is 45.0. The maximum Gasteiger partial charge on any atom is 0.361 e.